The van der Waals surface area contributed by atoms with Gasteiger partial charge in [0.25, 0.3) is 0 Å². The molecule has 0 unspecified atom stereocenters. The van der Waals surface area contributed by atoms with Crippen LogP contribution in [0.1, 0.15) is 11.1 Å². The highest BCUT2D eigenvalue weighted by molar-refractivity contribution is 6.30. The largest absolute Gasteiger partial charge is 0.376 e. The molecular formula is C16H17ClN2O. The Morgan fingerprint density at radius 3 is 2.65 bits per heavy atom. The first kappa shape index (κ1) is 14.4. The maximum absolute atomic E-state index is 11.9. The number of anilines is 2. The summed E-state index contributed by atoms with van der Waals surface area (Å²) in [7, 11) is 0. The van der Waals surface area contributed by atoms with Gasteiger partial charge in [0.15, 0.2) is 0 Å². The van der Waals surface area contributed by atoms with E-state index in [0.29, 0.717) is 5.02 Å². The van der Waals surface area contributed by atoms with E-state index in [0.717, 1.165) is 16.9 Å². The third-order valence-corrected chi connectivity index (χ3v) is 3.17. The van der Waals surface area contributed by atoms with Crippen molar-refractivity contribution in [3.8, 4) is 0 Å². The molecule has 0 aromatic heterocycles. The lowest BCUT2D eigenvalue weighted by Crippen LogP contribution is -2.22. The van der Waals surface area contributed by atoms with E-state index in [2.05, 4.69) is 10.6 Å². The molecule has 2 aromatic carbocycles. The smallest absolute Gasteiger partial charge is 0.243 e. The zero-order valence-corrected chi connectivity index (χ0v) is 12.3. The summed E-state index contributed by atoms with van der Waals surface area (Å²) in [5.74, 6) is -0.0862. The first-order chi connectivity index (χ1) is 9.54. The van der Waals surface area contributed by atoms with Gasteiger partial charge in [-0.25, -0.2) is 0 Å². The topological polar surface area (TPSA) is 41.1 Å². The highest BCUT2D eigenvalue weighted by Gasteiger charge is 2.05. The van der Waals surface area contributed by atoms with Crippen molar-refractivity contribution < 1.29 is 4.79 Å². The van der Waals surface area contributed by atoms with Crippen LogP contribution < -0.4 is 10.6 Å². The molecule has 0 aliphatic carbocycles. The van der Waals surface area contributed by atoms with E-state index >= 15 is 0 Å². The second kappa shape index (κ2) is 6.44. The van der Waals surface area contributed by atoms with Crippen LogP contribution >= 0.6 is 11.6 Å². The number of aryl methyl sites for hydroxylation is 2. The molecule has 0 bridgehead atoms. The third-order valence-electron chi connectivity index (χ3n) is 2.93. The fourth-order valence-corrected chi connectivity index (χ4v) is 2.12. The number of hydrogen-bond donors (Lipinski definition) is 2. The third kappa shape index (κ3) is 4.00. The zero-order chi connectivity index (χ0) is 14.5. The van der Waals surface area contributed by atoms with E-state index < -0.39 is 0 Å². The number of halogens is 1. The highest BCUT2D eigenvalue weighted by Crippen LogP contribution is 2.17. The number of amides is 1. The predicted octanol–water partition coefficient (Wildman–Crippen LogP) is 4.01. The highest BCUT2D eigenvalue weighted by atomic mass is 35.5. The van der Waals surface area contributed by atoms with Gasteiger partial charge in [-0.05, 0) is 43.7 Å². The van der Waals surface area contributed by atoms with Gasteiger partial charge >= 0.3 is 0 Å². The summed E-state index contributed by atoms with van der Waals surface area (Å²) in [6.45, 7) is 4.21. The van der Waals surface area contributed by atoms with Crippen molar-refractivity contribution in [3.63, 3.8) is 0 Å². The van der Waals surface area contributed by atoms with Crippen LogP contribution in [0.3, 0.4) is 0 Å². The Hall–Kier alpha value is -2.00. The van der Waals surface area contributed by atoms with E-state index in [-0.39, 0.29) is 12.5 Å². The summed E-state index contributed by atoms with van der Waals surface area (Å²) in [6, 6.07) is 13.2. The molecule has 0 saturated heterocycles. The van der Waals surface area contributed by atoms with Crippen LogP contribution in [0.4, 0.5) is 11.4 Å². The first-order valence-electron chi connectivity index (χ1n) is 6.41. The number of benzene rings is 2. The van der Waals surface area contributed by atoms with Crippen LogP contribution in [0.2, 0.25) is 5.02 Å². The van der Waals surface area contributed by atoms with Gasteiger partial charge in [-0.15, -0.1) is 0 Å². The Morgan fingerprint density at radius 1 is 1.15 bits per heavy atom. The Bertz CT molecular complexity index is 626. The number of carbonyl (C=O) groups excluding carboxylic acids is 1. The van der Waals surface area contributed by atoms with E-state index in [9.17, 15) is 4.79 Å². The van der Waals surface area contributed by atoms with Gasteiger partial charge in [0.2, 0.25) is 5.91 Å². The monoisotopic (exact) mass is 288 g/mol. The first-order valence-corrected chi connectivity index (χ1v) is 6.79. The minimum absolute atomic E-state index is 0.0862. The molecule has 0 heterocycles. The Morgan fingerprint density at radius 2 is 1.95 bits per heavy atom. The summed E-state index contributed by atoms with van der Waals surface area (Å²) in [6.07, 6.45) is 0. The molecule has 0 spiro atoms. The SMILES string of the molecule is Cc1ccc(NC(=O)CNc2cccc(Cl)c2)c(C)c1. The van der Waals surface area contributed by atoms with Gasteiger partial charge in [-0.3, -0.25) is 4.79 Å². The lowest BCUT2D eigenvalue weighted by atomic mass is 10.1. The molecule has 4 heteroatoms. The fraction of sp³-hybridized carbons (Fsp3) is 0.188. The fourth-order valence-electron chi connectivity index (χ4n) is 1.93. The molecule has 0 atom stereocenters. The lowest BCUT2D eigenvalue weighted by molar-refractivity contribution is -0.114. The lowest BCUT2D eigenvalue weighted by Gasteiger charge is -2.10. The van der Waals surface area contributed by atoms with Crippen molar-refractivity contribution in [1.82, 2.24) is 0 Å². The van der Waals surface area contributed by atoms with E-state index in [1.165, 1.54) is 5.56 Å². The van der Waals surface area contributed by atoms with Crippen molar-refractivity contribution in [2.24, 2.45) is 0 Å². The summed E-state index contributed by atoms with van der Waals surface area (Å²) in [5.41, 5.74) is 3.90. The standard InChI is InChI=1S/C16H17ClN2O/c1-11-6-7-15(12(2)8-11)19-16(20)10-18-14-5-3-4-13(17)9-14/h3-9,18H,10H2,1-2H3,(H,19,20). The van der Waals surface area contributed by atoms with Crippen LogP contribution in [-0.2, 0) is 4.79 Å². The van der Waals surface area contributed by atoms with Crippen LogP contribution in [0.5, 0.6) is 0 Å². The van der Waals surface area contributed by atoms with Gasteiger partial charge < -0.3 is 10.6 Å². The average molecular weight is 289 g/mol. The molecule has 2 rings (SSSR count). The number of rotatable bonds is 4. The van der Waals surface area contributed by atoms with Crippen LogP contribution in [0.25, 0.3) is 0 Å². The number of carbonyl (C=O) groups is 1. The molecule has 2 N–H and O–H groups in total. The number of nitrogens with one attached hydrogen (secondary N) is 2. The van der Waals surface area contributed by atoms with Crippen molar-refractivity contribution in [2.45, 2.75) is 13.8 Å². The quantitative estimate of drug-likeness (QED) is 0.892. The van der Waals surface area contributed by atoms with Crippen molar-refractivity contribution in [1.29, 1.82) is 0 Å². The van der Waals surface area contributed by atoms with Gasteiger partial charge in [0, 0.05) is 16.4 Å². The second-order valence-corrected chi connectivity index (χ2v) is 5.17. The summed E-state index contributed by atoms with van der Waals surface area (Å²) < 4.78 is 0. The molecule has 1 amide bonds. The van der Waals surface area contributed by atoms with Gasteiger partial charge in [-0.2, -0.15) is 0 Å². The van der Waals surface area contributed by atoms with Crippen LogP contribution in [0, 0.1) is 13.8 Å². The Kier molecular flexibility index (Phi) is 4.64. The van der Waals surface area contributed by atoms with E-state index in [1.54, 1.807) is 12.1 Å². The molecule has 0 fully saturated rings. The van der Waals surface area contributed by atoms with Crippen LogP contribution in [0.15, 0.2) is 42.5 Å². The molecule has 104 valence electrons. The Balaban J connectivity index is 1.92. The average Bonchev–Trinajstić information content (AvgIpc) is 2.40. The summed E-state index contributed by atoms with van der Waals surface area (Å²) >= 11 is 5.88. The van der Waals surface area contributed by atoms with Crippen molar-refractivity contribution in [2.75, 3.05) is 17.2 Å². The molecular weight excluding hydrogens is 272 g/mol. The molecule has 2 aromatic rings. The summed E-state index contributed by atoms with van der Waals surface area (Å²) in [5, 5.41) is 6.57. The number of hydrogen-bond acceptors (Lipinski definition) is 2. The van der Waals surface area contributed by atoms with Gasteiger partial charge in [-0.1, -0.05) is 35.4 Å². The molecule has 0 radical (unpaired) electrons. The molecule has 0 aliphatic rings. The van der Waals surface area contributed by atoms with E-state index in [4.69, 9.17) is 11.6 Å². The minimum atomic E-state index is -0.0862. The maximum Gasteiger partial charge on any atom is 0.243 e. The van der Waals surface area contributed by atoms with Gasteiger partial charge in [0.05, 0.1) is 6.54 Å². The van der Waals surface area contributed by atoms with E-state index in [1.807, 2.05) is 44.2 Å². The molecule has 20 heavy (non-hydrogen) atoms. The second-order valence-electron chi connectivity index (χ2n) is 4.73. The normalized spacial score (nSPS) is 10.2. The van der Waals surface area contributed by atoms with Crippen LogP contribution in [-0.4, -0.2) is 12.5 Å². The van der Waals surface area contributed by atoms with Crippen molar-refractivity contribution >= 4 is 28.9 Å². The molecule has 3 nitrogen and oxygen atoms in total. The van der Waals surface area contributed by atoms with Crippen molar-refractivity contribution in [3.05, 3.63) is 58.6 Å². The molecule has 0 saturated carbocycles. The zero-order valence-electron chi connectivity index (χ0n) is 11.5. The predicted molar refractivity (Wildman–Crippen MR) is 84.5 cm³/mol. The summed E-state index contributed by atoms with van der Waals surface area (Å²) in [4.78, 5) is 11.9. The maximum atomic E-state index is 11.9. The minimum Gasteiger partial charge on any atom is -0.376 e. The molecule has 0 aliphatic heterocycles. The van der Waals surface area contributed by atoms with Gasteiger partial charge in [0.1, 0.15) is 0 Å². The Labute approximate surface area is 124 Å².